The number of hydrogen-bond donors (Lipinski definition) is 1. The van der Waals surface area contributed by atoms with E-state index in [-0.39, 0.29) is 24.3 Å². The van der Waals surface area contributed by atoms with Crippen molar-refractivity contribution < 1.29 is 14.4 Å². The highest BCUT2D eigenvalue weighted by Gasteiger charge is 2.30. The number of hydrogen-bond acceptors (Lipinski definition) is 3. The summed E-state index contributed by atoms with van der Waals surface area (Å²) in [4.78, 5) is 35.3. The summed E-state index contributed by atoms with van der Waals surface area (Å²) in [6, 6.07) is 7.50. The zero-order valence-electron chi connectivity index (χ0n) is 14.8. The lowest BCUT2D eigenvalue weighted by atomic mass is 10.1. The van der Waals surface area contributed by atoms with Crippen molar-refractivity contribution in [1.29, 1.82) is 0 Å². The van der Waals surface area contributed by atoms with E-state index < -0.39 is 0 Å². The van der Waals surface area contributed by atoms with E-state index in [9.17, 15) is 14.4 Å². The Morgan fingerprint density at radius 3 is 2.43 bits per heavy atom. The van der Waals surface area contributed by atoms with Crippen LogP contribution in [0.2, 0.25) is 0 Å². The number of rotatable bonds is 5. The Labute approximate surface area is 139 Å². The lowest BCUT2D eigenvalue weighted by Gasteiger charge is -2.23. The molecule has 128 valence electrons. The molecule has 1 aliphatic heterocycles. The molecule has 1 unspecified atom stereocenters. The number of amides is 3. The van der Waals surface area contributed by atoms with Gasteiger partial charge >= 0.3 is 0 Å². The maximum Gasteiger partial charge on any atom is 0.254 e. The maximum absolute atomic E-state index is 12.2. The molecule has 0 spiro atoms. The zero-order chi connectivity index (χ0) is 17.8. The second-order valence-corrected chi connectivity index (χ2v) is 4.66. The number of nitrogens with zero attached hydrogens (tertiary/aromatic N) is 1. The summed E-state index contributed by atoms with van der Waals surface area (Å²) in [5, 5.41) is 2.10. The van der Waals surface area contributed by atoms with Crippen LogP contribution >= 0.6 is 0 Å². The first-order valence-corrected chi connectivity index (χ1v) is 8.25. The number of nitrogens with one attached hydrogen (secondary N) is 1. The maximum atomic E-state index is 12.2. The van der Waals surface area contributed by atoms with Crippen molar-refractivity contribution in [3.8, 4) is 0 Å². The normalized spacial score (nSPS) is 12.9. The largest absolute Gasteiger partial charge is 0.332 e. The van der Waals surface area contributed by atoms with Gasteiger partial charge in [0.15, 0.2) is 0 Å². The van der Waals surface area contributed by atoms with E-state index in [1.165, 1.54) is 0 Å². The topological polar surface area (TPSA) is 66.5 Å². The van der Waals surface area contributed by atoms with E-state index >= 15 is 0 Å². The Bertz CT molecular complexity index is 515. The molecule has 0 aliphatic carbocycles. The van der Waals surface area contributed by atoms with Crippen molar-refractivity contribution in [3.05, 3.63) is 35.4 Å². The molecule has 1 heterocycles. The standard InChI is InChI=1S/C14H16N2O3.2C2H6/c1-10(6-7-13(18)15-9-17)16-8-11-4-2-3-5-12(11)14(16)19;2*1-2/h2-5,9-10H,6-8H2,1H3,(H,15,17,18);2*1-2H3. The molecule has 3 amide bonds. The molecule has 0 saturated heterocycles. The summed E-state index contributed by atoms with van der Waals surface area (Å²) in [5.74, 6) is -0.301. The molecule has 0 bridgehead atoms. The van der Waals surface area contributed by atoms with Crippen molar-refractivity contribution in [2.75, 3.05) is 0 Å². The van der Waals surface area contributed by atoms with Gasteiger partial charge in [0.2, 0.25) is 12.3 Å². The molecule has 5 heteroatoms. The van der Waals surface area contributed by atoms with Gasteiger partial charge in [-0.2, -0.15) is 0 Å². The van der Waals surface area contributed by atoms with Gasteiger partial charge in [0.05, 0.1) is 0 Å². The molecule has 1 atom stereocenters. The molecule has 2 rings (SSSR count). The number of imide groups is 1. The van der Waals surface area contributed by atoms with Gasteiger partial charge in [0.25, 0.3) is 5.91 Å². The van der Waals surface area contributed by atoms with Crippen LogP contribution in [0, 0.1) is 0 Å². The minimum Gasteiger partial charge on any atom is -0.332 e. The minimum atomic E-state index is -0.314. The van der Waals surface area contributed by atoms with Crippen molar-refractivity contribution in [2.24, 2.45) is 0 Å². The Balaban J connectivity index is 0.00000112. The van der Waals surface area contributed by atoms with Gasteiger partial charge in [0, 0.05) is 24.6 Å². The van der Waals surface area contributed by atoms with Gasteiger partial charge in [-0.15, -0.1) is 0 Å². The summed E-state index contributed by atoms with van der Waals surface area (Å²) < 4.78 is 0. The Kier molecular flexibility index (Phi) is 10.3. The van der Waals surface area contributed by atoms with E-state index in [2.05, 4.69) is 5.32 Å². The first kappa shape index (κ1) is 20.8. The molecule has 0 radical (unpaired) electrons. The van der Waals surface area contributed by atoms with Crippen LogP contribution in [-0.4, -0.2) is 29.2 Å². The number of benzene rings is 1. The minimum absolute atomic E-state index is 0.0129. The van der Waals surface area contributed by atoms with Crippen LogP contribution in [0.5, 0.6) is 0 Å². The van der Waals surface area contributed by atoms with Crippen LogP contribution in [0.25, 0.3) is 0 Å². The third kappa shape index (κ3) is 5.85. The molecule has 1 aromatic carbocycles. The third-order valence-electron chi connectivity index (χ3n) is 3.39. The van der Waals surface area contributed by atoms with E-state index in [1.54, 1.807) is 4.90 Å². The van der Waals surface area contributed by atoms with Crippen molar-refractivity contribution in [2.45, 2.75) is 60.0 Å². The highest BCUT2D eigenvalue weighted by Crippen LogP contribution is 2.25. The molecule has 23 heavy (non-hydrogen) atoms. The fourth-order valence-electron chi connectivity index (χ4n) is 2.27. The van der Waals surface area contributed by atoms with Crippen molar-refractivity contribution in [1.82, 2.24) is 10.2 Å². The lowest BCUT2D eigenvalue weighted by Crippen LogP contribution is -2.34. The SMILES string of the molecule is CC.CC.CC(CCC(=O)NC=O)N1Cc2ccccc2C1=O. The first-order valence-electron chi connectivity index (χ1n) is 8.25. The Morgan fingerprint density at radius 2 is 1.87 bits per heavy atom. The molecular weight excluding hydrogens is 292 g/mol. The van der Waals surface area contributed by atoms with Gasteiger partial charge in [0.1, 0.15) is 0 Å². The summed E-state index contributed by atoms with van der Waals surface area (Å²) in [7, 11) is 0. The fourth-order valence-corrected chi connectivity index (χ4v) is 2.27. The Hall–Kier alpha value is -2.17. The van der Waals surface area contributed by atoms with Gasteiger partial charge < -0.3 is 4.90 Å². The fraction of sp³-hybridized carbons (Fsp3) is 0.500. The van der Waals surface area contributed by atoms with Crippen LogP contribution in [0.1, 0.15) is 63.4 Å². The van der Waals surface area contributed by atoms with Gasteiger partial charge in [-0.25, -0.2) is 0 Å². The molecule has 1 N–H and O–H groups in total. The second-order valence-electron chi connectivity index (χ2n) is 4.66. The summed E-state index contributed by atoms with van der Waals surface area (Å²) in [5.41, 5.74) is 1.77. The molecule has 0 fully saturated rings. The monoisotopic (exact) mass is 320 g/mol. The quantitative estimate of drug-likeness (QED) is 0.848. The molecule has 0 aromatic heterocycles. The summed E-state index contributed by atoms with van der Waals surface area (Å²) in [6.07, 6.45) is 1.16. The third-order valence-corrected chi connectivity index (χ3v) is 3.39. The predicted octanol–water partition coefficient (Wildman–Crippen LogP) is 3.14. The van der Waals surface area contributed by atoms with E-state index in [0.717, 1.165) is 11.1 Å². The van der Waals surface area contributed by atoms with Crippen molar-refractivity contribution >= 4 is 18.2 Å². The van der Waals surface area contributed by atoms with Crippen LogP contribution in [0.4, 0.5) is 0 Å². The first-order chi connectivity index (χ1) is 11.1. The molecular formula is C18H28N2O3. The highest BCUT2D eigenvalue weighted by atomic mass is 16.2. The summed E-state index contributed by atoms with van der Waals surface area (Å²) in [6.45, 7) is 10.5. The van der Waals surface area contributed by atoms with E-state index in [1.807, 2.05) is 58.9 Å². The lowest BCUT2D eigenvalue weighted by molar-refractivity contribution is -0.125. The average molecular weight is 320 g/mol. The predicted molar refractivity (Wildman–Crippen MR) is 91.9 cm³/mol. The van der Waals surface area contributed by atoms with Gasteiger partial charge in [-0.05, 0) is 25.0 Å². The summed E-state index contributed by atoms with van der Waals surface area (Å²) >= 11 is 0. The Morgan fingerprint density at radius 1 is 1.26 bits per heavy atom. The molecule has 1 aliphatic rings. The van der Waals surface area contributed by atoms with Crippen LogP contribution in [0.15, 0.2) is 24.3 Å². The van der Waals surface area contributed by atoms with Crippen LogP contribution in [0.3, 0.4) is 0 Å². The number of carbonyl (C=O) groups excluding carboxylic acids is 3. The highest BCUT2D eigenvalue weighted by molar-refractivity contribution is 5.98. The van der Waals surface area contributed by atoms with Crippen LogP contribution in [-0.2, 0) is 16.1 Å². The smallest absolute Gasteiger partial charge is 0.254 e. The molecule has 0 saturated carbocycles. The van der Waals surface area contributed by atoms with Crippen molar-refractivity contribution in [3.63, 3.8) is 0 Å². The number of fused-ring (bicyclic) bond motifs is 1. The van der Waals surface area contributed by atoms with Crippen LogP contribution < -0.4 is 5.32 Å². The molecule has 1 aromatic rings. The van der Waals surface area contributed by atoms with Gasteiger partial charge in [-0.3, -0.25) is 19.7 Å². The molecule has 5 nitrogen and oxygen atoms in total. The van der Waals surface area contributed by atoms with E-state index in [4.69, 9.17) is 0 Å². The van der Waals surface area contributed by atoms with Gasteiger partial charge in [-0.1, -0.05) is 45.9 Å². The van der Waals surface area contributed by atoms with E-state index in [0.29, 0.717) is 19.4 Å². The zero-order valence-corrected chi connectivity index (χ0v) is 14.8. The number of carbonyl (C=O) groups is 3. The average Bonchev–Trinajstić information content (AvgIpc) is 2.94. The second kappa shape index (κ2) is 11.4.